The van der Waals surface area contributed by atoms with Gasteiger partial charge in [0.05, 0.1) is 28.9 Å². The van der Waals surface area contributed by atoms with Gasteiger partial charge in [0.2, 0.25) is 0 Å². The number of rotatable bonds is 5. The summed E-state index contributed by atoms with van der Waals surface area (Å²) in [6, 6.07) is 9.75. The molecule has 0 saturated heterocycles. The average molecular weight is 412 g/mol. The van der Waals surface area contributed by atoms with Crippen LogP contribution in [0, 0.1) is 3.57 Å². The fourth-order valence-electron chi connectivity index (χ4n) is 1.84. The molecule has 0 amide bonds. The lowest BCUT2D eigenvalue weighted by atomic mass is 10.2. The predicted octanol–water partition coefficient (Wildman–Crippen LogP) is 3.34. The first kappa shape index (κ1) is 16.3. The molecule has 0 aliphatic rings. The lowest BCUT2D eigenvalue weighted by molar-refractivity contribution is 0.0728. The number of para-hydroxylation sites is 1. The van der Waals surface area contributed by atoms with Gasteiger partial charge in [0.1, 0.15) is 5.75 Å². The van der Waals surface area contributed by atoms with E-state index < -0.39 is 5.97 Å². The number of hydrogen-bond acceptors (Lipinski definition) is 5. The van der Waals surface area contributed by atoms with Crippen molar-refractivity contribution in [3.8, 4) is 17.2 Å². The van der Waals surface area contributed by atoms with E-state index in [-0.39, 0.29) is 11.3 Å². The van der Waals surface area contributed by atoms with Gasteiger partial charge in [0, 0.05) is 0 Å². The minimum atomic E-state index is -0.576. The molecule has 0 spiro atoms. The van der Waals surface area contributed by atoms with Gasteiger partial charge in [0.15, 0.2) is 17.8 Å². The number of methoxy groups -OCH3 is 2. The smallest absolute Gasteiger partial charge is 0.343 e. The third-order valence-corrected chi connectivity index (χ3v) is 3.78. The molecule has 6 heteroatoms. The van der Waals surface area contributed by atoms with Crippen molar-refractivity contribution in [1.82, 2.24) is 0 Å². The maximum absolute atomic E-state index is 12.3. The zero-order valence-corrected chi connectivity index (χ0v) is 14.1. The van der Waals surface area contributed by atoms with E-state index in [0.29, 0.717) is 23.3 Å². The molecule has 0 unspecified atom stereocenters. The molecule has 0 atom stereocenters. The van der Waals surface area contributed by atoms with Crippen molar-refractivity contribution < 1.29 is 23.8 Å². The molecule has 5 nitrogen and oxygen atoms in total. The van der Waals surface area contributed by atoms with Crippen molar-refractivity contribution in [2.75, 3.05) is 14.2 Å². The summed E-state index contributed by atoms with van der Waals surface area (Å²) in [6.45, 7) is 0. The third-order valence-electron chi connectivity index (χ3n) is 2.94. The van der Waals surface area contributed by atoms with E-state index in [4.69, 9.17) is 14.2 Å². The summed E-state index contributed by atoms with van der Waals surface area (Å²) in [6.07, 6.45) is 0.614. The quantitative estimate of drug-likeness (QED) is 0.326. The van der Waals surface area contributed by atoms with Gasteiger partial charge >= 0.3 is 5.97 Å². The van der Waals surface area contributed by atoms with Gasteiger partial charge in [-0.25, -0.2) is 4.79 Å². The molecule has 22 heavy (non-hydrogen) atoms. The largest absolute Gasteiger partial charge is 0.496 e. The summed E-state index contributed by atoms with van der Waals surface area (Å²) in [4.78, 5) is 23.4. The number of carbonyl (C=O) groups is 2. The summed E-state index contributed by atoms with van der Waals surface area (Å²) in [5.41, 5.74) is 0.601. The van der Waals surface area contributed by atoms with Gasteiger partial charge in [-0.15, -0.1) is 0 Å². The number of benzene rings is 2. The lowest BCUT2D eigenvalue weighted by Crippen LogP contribution is -2.11. The number of hydrogen-bond donors (Lipinski definition) is 0. The first-order valence-corrected chi connectivity index (χ1v) is 7.36. The van der Waals surface area contributed by atoms with Crippen LogP contribution in [0.5, 0.6) is 17.2 Å². The molecule has 0 aromatic heterocycles. The number of esters is 1. The highest BCUT2D eigenvalue weighted by Gasteiger charge is 2.17. The maximum Gasteiger partial charge on any atom is 0.343 e. The third kappa shape index (κ3) is 3.38. The van der Waals surface area contributed by atoms with Crippen LogP contribution >= 0.6 is 22.6 Å². The van der Waals surface area contributed by atoms with E-state index in [1.807, 2.05) is 0 Å². The molecule has 2 aromatic rings. The summed E-state index contributed by atoms with van der Waals surface area (Å²) >= 11 is 2.06. The Morgan fingerprint density at radius 1 is 1.09 bits per heavy atom. The zero-order chi connectivity index (χ0) is 16.1. The summed E-state index contributed by atoms with van der Waals surface area (Å²) in [7, 11) is 3.00. The molecular weight excluding hydrogens is 399 g/mol. The Balaban J connectivity index is 2.33. The predicted molar refractivity (Wildman–Crippen MR) is 89.1 cm³/mol. The van der Waals surface area contributed by atoms with Crippen LogP contribution in [0.4, 0.5) is 0 Å². The molecule has 0 N–H and O–H groups in total. The van der Waals surface area contributed by atoms with Crippen LogP contribution in [0.1, 0.15) is 20.7 Å². The molecule has 0 heterocycles. The highest BCUT2D eigenvalue weighted by atomic mass is 127. The average Bonchev–Trinajstić information content (AvgIpc) is 2.54. The Morgan fingerprint density at radius 3 is 2.41 bits per heavy atom. The van der Waals surface area contributed by atoms with Crippen LogP contribution in [0.15, 0.2) is 36.4 Å². The van der Waals surface area contributed by atoms with Crippen LogP contribution in [0.25, 0.3) is 0 Å². The number of halogens is 1. The summed E-state index contributed by atoms with van der Waals surface area (Å²) in [5, 5.41) is 0. The standard InChI is InChI=1S/C16H13IO5/c1-20-13-7-6-10(8-12(13)17)16(19)22-15-11(9-18)4-3-5-14(15)21-2/h3-9H,1-2H3. The molecule has 114 valence electrons. The van der Waals surface area contributed by atoms with Crippen molar-refractivity contribution in [1.29, 1.82) is 0 Å². The lowest BCUT2D eigenvalue weighted by Gasteiger charge is -2.11. The van der Waals surface area contributed by atoms with Crippen LogP contribution in [0.3, 0.4) is 0 Å². The Kier molecular flexibility index (Phi) is 5.37. The van der Waals surface area contributed by atoms with Gasteiger partial charge in [-0.3, -0.25) is 4.79 Å². The van der Waals surface area contributed by atoms with Crippen LogP contribution < -0.4 is 14.2 Å². The fraction of sp³-hybridized carbons (Fsp3) is 0.125. The van der Waals surface area contributed by atoms with Crippen molar-refractivity contribution in [2.24, 2.45) is 0 Å². The van der Waals surface area contributed by atoms with Crippen LogP contribution in [-0.2, 0) is 0 Å². The van der Waals surface area contributed by atoms with E-state index in [1.54, 1.807) is 43.5 Å². The van der Waals surface area contributed by atoms with Gasteiger partial charge in [-0.05, 0) is 52.9 Å². The monoisotopic (exact) mass is 412 g/mol. The minimum absolute atomic E-state index is 0.107. The second-order valence-electron chi connectivity index (χ2n) is 4.24. The molecule has 2 rings (SSSR count). The van der Waals surface area contributed by atoms with Gasteiger partial charge in [-0.1, -0.05) is 6.07 Å². The number of aldehydes is 1. The maximum atomic E-state index is 12.3. The molecule has 0 fully saturated rings. The normalized spacial score (nSPS) is 9.95. The molecule has 0 aliphatic carbocycles. The van der Waals surface area contributed by atoms with E-state index in [9.17, 15) is 9.59 Å². The molecule has 0 saturated carbocycles. The first-order chi connectivity index (χ1) is 10.6. The second kappa shape index (κ2) is 7.26. The Hall–Kier alpha value is -2.09. The molecular formula is C16H13IO5. The molecule has 2 aromatic carbocycles. The van der Waals surface area contributed by atoms with Gasteiger partial charge < -0.3 is 14.2 Å². The highest BCUT2D eigenvalue weighted by Crippen LogP contribution is 2.31. The van der Waals surface area contributed by atoms with E-state index in [0.717, 1.165) is 3.57 Å². The van der Waals surface area contributed by atoms with E-state index in [1.165, 1.54) is 7.11 Å². The van der Waals surface area contributed by atoms with Crippen molar-refractivity contribution in [2.45, 2.75) is 0 Å². The van der Waals surface area contributed by atoms with Gasteiger partial charge in [-0.2, -0.15) is 0 Å². The summed E-state index contributed by atoms with van der Waals surface area (Å²) in [5.74, 6) is 0.521. The first-order valence-electron chi connectivity index (χ1n) is 6.28. The highest BCUT2D eigenvalue weighted by molar-refractivity contribution is 14.1. The van der Waals surface area contributed by atoms with Crippen molar-refractivity contribution >= 4 is 34.8 Å². The van der Waals surface area contributed by atoms with E-state index >= 15 is 0 Å². The van der Waals surface area contributed by atoms with Gasteiger partial charge in [0.25, 0.3) is 0 Å². The van der Waals surface area contributed by atoms with Crippen molar-refractivity contribution in [3.05, 3.63) is 51.1 Å². The topological polar surface area (TPSA) is 61.8 Å². The van der Waals surface area contributed by atoms with Crippen LogP contribution in [-0.4, -0.2) is 26.5 Å². The molecule has 0 radical (unpaired) electrons. The molecule has 0 aliphatic heterocycles. The number of carbonyl (C=O) groups excluding carboxylic acids is 2. The fourth-order valence-corrected chi connectivity index (χ4v) is 2.58. The minimum Gasteiger partial charge on any atom is -0.496 e. The molecule has 0 bridgehead atoms. The zero-order valence-electron chi connectivity index (χ0n) is 12.0. The Bertz CT molecular complexity index is 712. The van der Waals surface area contributed by atoms with E-state index in [2.05, 4.69) is 22.6 Å². The Morgan fingerprint density at radius 2 is 1.82 bits per heavy atom. The van der Waals surface area contributed by atoms with Crippen molar-refractivity contribution in [3.63, 3.8) is 0 Å². The SMILES string of the molecule is COc1ccc(C(=O)Oc2c(C=O)cccc2OC)cc1I. The Labute approximate surface area is 141 Å². The second-order valence-corrected chi connectivity index (χ2v) is 5.40. The van der Waals surface area contributed by atoms with Crippen LogP contribution in [0.2, 0.25) is 0 Å². The summed E-state index contributed by atoms with van der Waals surface area (Å²) < 4.78 is 16.4. The number of ether oxygens (including phenoxy) is 3.